The molecular formula is C11H7BrN2O2S. The standard InChI is InChI=1S/C11H7BrN2O2S/c12-7-2-1-3-8(6-7)17-10-9(11(15)16)4-5-13-14-10/h1-6H,(H,15,16). The minimum Gasteiger partial charge on any atom is -0.478 e. The molecule has 1 N–H and O–H groups in total. The summed E-state index contributed by atoms with van der Waals surface area (Å²) in [5, 5.41) is 16.9. The first kappa shape index (κ1) is 12.1. The van der Waals surface area contributed by atoms with E-state index in [1.165, 1.54) is 24.0 Å². The van der Waals surface area contributed by atoms with E-state index in [0.717, 1.165) is 9.37 Å². The predicted molar refractivity (Wildman–Crippen MR) is 67.3 cm³/mol. The molecule has 0 aliphatic rings. The van der Waals surface area contributed by atoms with Gasteiger partial charge in [0, 0.05) is 9.37 Å². The molecule has 1 heterocycles. The molecule has 0 spiro atoms. The smallest absolute Gasteiger partial charge is 0.338 e. The summed E-state index contributed by atoms with van der Waals surface area (Å²) in [6.07, 6.45) is 1.37. The Morgan fingerprint density at radius 3 is 2.88 bits per heavy atom. The maximum Gasteiger partial charge on any atom is 0.338 e. The summed E-state index contributed by atoms with van der Waals surface area (Å²) in [7, 11) is 0. The van der Waals surface area contributed by atoms with Crippen LogP contribution in [0.3, 0.4) is 0 Å². The van der Waals surface area contributed by atoms with Crippen molar-refractivity contribution in [3.63, 3.8) is 0 Å². The first-order valence-corrected chi connectivity index (χ1v) is 6.26. The average Bonchev–Trinajstić information content (AvgIpc) is 2.29. The van der Waals surface area contributed by atoms with Gasteiger partial charge in [-0.05, 0) is 24.3 Å². The van der Waals surface area contributed by atoms with Crippen LogP contribution in [0.15, 0.2) is 50.9 Å². The number of carboxylic acids is 1. The molecule has 0 atom stereocenters. The maximum atomic E-state index is 11.0. The van der Waals surface area contributed by atoms with Gasteiger partial charge in [0.25, 0.3) is 0 Å². The number of hydrogen-bond acceptors (Lipinski definition) is 4. The van der Waals surface area contributed by atoms with Crippen LogP contribution in [-0.2, 0) is 0 Å². The van der Waals surface area contributed by atoms with Gasteiger partial charge in [0.15, 0.2) is 0 Å². The second-order valence-electron chi connectivity index (χ2n) is 3.11. The summed E-state index contributed by atoms with van der Waals surface area (Å²) in [5.41, 5.74) is 0.157. The summed E-state index contributed by atoms with van der Waals surface area (Å²) in [6, 6.07) is 9.00. The fourth-order valence-corrected chi connectivity index (χ4v) is 2.66. The monoisotopic (exact) mass is 310 g/mol. The van der Waals surface area contributed by atoms with E-state index < -0.39 is 5.97 Å². The zero-order valence-corrected chi connectivity index (χ0v) is 10.9. The highest BCUT2D eigenvalue weighted by molar-refractivity contribution is 9.10. The molecule has 0 saturated heterocycles. The zero-order valence-electron chi connectivity index (χ0n) is 8.50. The van der Waals surface area contributed by atoms with Crippen molar-refractivity contribution in [2.24, 2.45) is 0 Å². The van der Waals surface area contributed by atoms with Gasteiger partial charge in [0.05, 0.1) is 11.8 Å². The highest BCUT2D eigenvalue weighted by Gasteiger charge is 2.12. The van der Waals surface area contributed by atoms with Gasteiger partial charge in [-0.3, -0.25) is 0 Å². The van der Waals surface area contributed by atoms with E-state index in [4.69, 9.17) is 5.11 Å². The number of carboxylic acid groups (broad SMARTS) is 1. The SMILES string of the molecule is O=C(O)c1ccnnc1Sc1cccc(Br)c1. The van der Waals surface area contributed by atoms with Gasteiger partial charge in [0.2, 0.25) is 0 Å². The van der Waals surface area contributed by atoms with Crippen molar-refractivity contribution in [1.29, 1.82) is 0 Å². The Labute approximate surface area is 110 Å². The largest absolute Gasteiger partial charge is 0.478 e. The second kappa shape index (κ2) is 5.29. The van der Waals surface area contributed by atoms with Crippen LogP contribution in [-0.4, -0.2) is 21.3 Å². The van der Waals surface area contributed by atoms with Crippen LogP contribution in [0.1, 0.15) is 10.4 Å². The van der Waals surface area contributed by atoms with Gasteiger partial charge in [-0.2, -0.15) is 5.10 Å². The number of nitrogens with zero attached hydrogens (tertiary/aromatic N) is 2. The Balaban J connectivity index is 2.33. The fraction of sp³-hybridized carbons (Fsp3) is 0. The quantitative estimate of drug-likeness (QED) is 0.944. The Morgan fingerprint density at radius 2 is 2.18 bits per heavy atom. The van der Waals surface area contributed by atoms with Crippen molar-refractivity contribution in [2.45, 2.75) is 9.92 Å². The minimum absolute atomic E-state index is 0.157. The van der Waals surface area contributed by atoms with Crippen molar-refractivity contribution in [3.8, 4) is 0 Å². The Hall–Kier alpha value is -1.40. The third-order valence-electron chi connectivity index (χ3n) is 1.93. The number of aromatic nitrogens is 2. The first-order valence-electron chi connectivity index (χ1n) is 4.65. The topological polar surface area (TPSA) is 63.1 Å². The van der Waals surface area contributed by atoms with Crippen LogP contribution in [0.2, 0.25) is 0 Å². The summed E-state index contributed by atoms with van der Waals surface area (Å²) in [6.45, 7) is 0. The van der Waals surface area contributed by atoms with Crippen LogP contribution in [0.25, 0.3) is 0 Å². The van der Waals surface area contributed by atoms with Crippen molar-refractivity contribution in [1.82, 2.24) is 10.2 Å². The molecule has 0 unspecified atom stereocenters. The molecule has 0 amide bonds. The number of hydrogen-bond donors (Lipinski definition) is 1. The summed E-state index contributed by atoms with van der Waals surface area (Å²) in [4.78, 5) is 11.9. The highest BCUT2D eigenvalue weighted by atomic mass is 79.9. The lowest BCUT2D eigenvalue weighted by atomic mass is 10.3. The molecule has 86 valence electrons. The molecule has 0 radical (unpaired) electrons. The Kier molecular flexibility index (Phi) is 3.75. The average molecular weight is 311 g/mol. The zero-order chi connectivity index (χ0) is 12.3. The van der Waals surface area contributed by atoms with Gasteiger partial charge >= 0.3 is 5.97 Å². The summed E-state index contributed by atoms with van der Waals surface area (Å²) < 4.78 is 0.934. The fourth-order valence-electron chi connectivity index (χ4n) is 1.20. The molecule has 0 aliphatic carbocycles. The van der Waals surface area contributed by atoms with Crippen molar-refractivity contribution in [3.05, 3.63) is 46.6 Å². The van der Waals surface area contributed by atoms with Crippen molar-refractivity contribution in [2.75, 3.05) is 0 Å². The summed E-state index contributed by atoms with van der Waals surface area (Å²) in [5.74, 6) is -1.00. The van der Waals surface area contributed by atoms with E-state index >= 15 is 0 Å². The third kappa shape index (κ3) is 3.04. The van der Waals surface area contributed by atoms with E-state index in [1.807, 2.05) is 24.3 Å². The normalized spacial score (nSPS) is 10.2. The van der Waals surface area contributed by atoms with Crippen molar-refractivity contribution >= 4 is 33.7 Å². The van der Waals surface area contributed by atoms with Crippen LogP contribution in [0.4, 0.5) is 0 Å². The lowest BCUT2D eigenvalue weighted by molar-refractivity contribution is 0.0692. The molecule has 6 heteroatoms. The van der Waals surface area contributed by atoms with E-state index in [-0.39, 0.29) is 5.56 Å². The number of aromatic carboxylic acids is 1. The van der Waals surface area contributed by atoms with Gasteiger partial charge < -0.3 is 5.11 Å². The van der Waals surface area contributed by atoms with E-state index in [9.17, 15) is 4.79 Å². The molecular weight excluding hydrogens is 304 g/mol. The van der Waals surface area contributed by atoms with Gasteiger partial charge in [-0.1, -0.05) is 33.8 Å². The van der Waals surface area contributed by atoms with Crippen molar-refractivity contribution < 1.29 is 9.90 Å². The second-order valence-corrected chi connectivity index (χ2v) is 5.09. The number of halogens is 1. The van der Waals surface area contributed by atoms with Gasteiger partial charge in [-0.15, -0.1) is 5.10 Å². The number of benzene rings is 1. The van der Waals surface area contributed by atoms with E-state index in [1.54, 1.807) is 0 Å². The minimum atomic E-state index is -1.00. The molecule has 1 aromatic carbocycles. The lowest BCUT2D eigenvalue weighted by Gasteiger charge is -2.03. The molecule has 1 aromatic heterocycles. The molecule has 2 rings (SSSR count). The molecule has 0 bridgehead atoms. The maximum absolute atomic E-state index is 11.0. The van der Waals surface area contributed by atoms with Gasteiger partial charge in [0.1, 0.15) is 5.03 Å². The molecule has 4 nitrogen and oxygen atoms in total. The third-order valence-corrected chi connectivity index (χ3v) is 3.41. The first-order chi connectivity index (χ1) is 8.16. The molecule has 2 aromatic rings. The van der Waals surface area contributed by atoms with Gasteiger partial charge in [-0.25, -0.2) is 4.79 Å². The van der Waals surface area contributed by atoms with E-state index in [0.29, 0.717) is 5.03 Å². The molecule has 0 saturated carbocycles. The molecule has 17 heavy (non-hydrogen) atoms. The van der Waals surface area contributed by atoms with Crippen LogP contribution in [0, 0.1) is 0 Å². The number of carbonyl (C=O) groups is 1. The Bertz CT molecular complexity index is 563. The Morgan fingerprint density at radius 1 is 1.35 bits per heavy atom. The predicted octanol–water partition coefficient (Wildman–Crippen LogP) is 3.09. The lowest BCUT2D eigenvalue weighted by Crippen LogP contribution is -2.01. The van der Waals surface area contributed by atoms with Crippen LogP contribution >= 0.6 is 27.7 Å². The molecule has 0 aliphatic heterocycles. The summed E-state index contributed by atoms with van der Waals surface area (Å²) >= 11 is 4.63. The van der Waals surface area contributed by atoms with Crippen LogP contribution < -0.4 is 0 Å². The number of rotatable bonds is 3. The van der Waals surface area contributed by atoms with Crippen LogP contribution in [0.5, 0.6) is 0 Å². The highest BCUT2D eigenvalue weighted by Crippen LogP contribution is 2.29. The van der Waals surface area contributed by atoms with E-state index in [2.05, 4.69) is 26.1 Å². The molecule has 0 fully saturated rings.